The number of rotatable bonds is 2. The van der Waals surface area contributed by atoms with Crippen LogP contribution in [0.15, 0.2) is 12.4 Å². The summed E-state index contributed by atoms with van der Waals surface area (Å²) in [5.74, 6) is 0.550. The summed E-state index contributed by atoms with van der Waals surface area (Å²) in [5.41, 5.74) is 0. The Morgan fingerprint density at radius 1 is 1.60 bits per heavy atom. The van der Waals surface area contributed by atoms with Gasteiger partial charge in [0, 0.05) is 0 Å². The van der Waals surface area contributed by atoms with E-state index in [0.717, 1.165) is 0 Å². The van der Waals surface area contributed by atoms with E-state index in [1.54, 1.807) is 6.20 Å². The van der Waals surface area contributed by atoms with Crippen LogP contribution in [0, 0.1) is 6.20 Å². The van der Waals surface area contributed by atoms with Gasteiger partial charge in [0.25, 0.3) is 0 Å². The fourth-order valence-electron chi connectivity index (χ4n) is 0.554. The van der Waals surface area contributed by atoms with Gasteiger partial charge in [-0.1, -0.05) is 0 Å². The zero-order valence-corrected chi connectivity index (χ0v) is 6.03. The third-order valence-electron chi connectivity index (χ3n) is 0.855. The average molecular weight is 137 g/mol. The molecule has 0 aliphatic heterocycles. The van der Waals surface area contributed by atoms with Gasteiger partial charge < -0.3 is 4.74 Å². The molecule has 0 bridgehead atoms. The molecule has 0 aliphatic carbocycles. The number of aromatic nitrogens is 2. The van der Waals surface area contributed by atoms with Crippen LogP contribution in [-0.2, 0) is 0 Å². The average Bonchev–Trinajstić information content (AvgIpc) is 1.88. The molecule has 0 spiro atoms. The monoisotopic (exact) mass is 137 g/mol. The van der Waals surface area contributed by atoms with Crippen LogP contribution in [-0.4, -0.2) is 16.1 Å². The molecule has 0 atom stereocenters. The van der Waals surface area contributed by atoms with Gasteiger partial charge in [-0.2, -0.15) is 0 Å². The largest absolute Gasteiger partial charge is 0.474 e. The highest BCUT2D eigenvalue weighted by Crippen LogP contribution is 2.02. The van der Waals surface area contributed by atoms with Crippen LogP contribution >= 0.6 is 0 Å². The van der Waals surface area contributed by atoms with Gasteiger partial charge in [-0.15, -0.1) is 0 Å². The molecule has 0 unspecified atom stereocenters. The number of hydrogen-bond donors (Lipinski definition) is 0. The van der Waals surface area contributed by atoms with Crippen molar-refractivity contribution in [3.05, 3.63) is 18.6 Å². The smallest absolute Gasteiger partial charge is 0.232 e. The summed E-state index contributed by atoms with van der Waals surface area (Å²) in [6.45, 7) is 3.89. The Morgan fingerprint density at radius 2 is 2.40 bits per heavy atom. The molecule has 1 aromatic rings. The van der Waals surface area contributed by atoms with Crippen molar-refractivity contribution in [2.24, 2.45) is 0 Å². The summed E-state index contributed by atoms with van der Waals surface area (Å²) in [6.07, 6.45) is 5.74. The van der Waals surface area contributed by atoms with Crippen molar-refractivity contribution in [1.82, 2.24) is 9.97 Å². The van der Waals surface area contributed by atoms with Gasteiger partial charge in [-0.3, -0.25) is 0 Å². The van der Waals surface area contributed by atoms with Gasteiger partial charge in [0.1, 0.15) is 6.20 Å². The Kier molecular flexibility index (Phi) is 2.20. The first-order valence-electron chi connectivity index (χ1n) is 3.14. The Hall–Kier alpha value is -1.12. The maximum Gasteiger partial charge on any atom is 0.232 e. The molecule has 53 valence electrons. The highest BCUT2D eigenvalue weighted by molar-refractivity contribution is 5.00. The third-order valence-corrected chi connectivity index (χ3v) is 0.855. The van der Waals surface area contributed by atoms with Crippen molar-refractivity contribution < 1.29 is 4.74 Å². The minimum atomic E-state index is 0.150. The van der Waals surface area contributed by atoms with Crippen molar-refractivity contribution in [1.29, 1.82) is 0 Å². The van der Waals surface area contributed by atoms with Crippen LogP contribution in [0.3, 0.4) is 0 Å². The fraction of sp³-hybridized carbons (Fsp3) is 0.429. The van der Waals surface area contributed by atoms with E-state index in [4.69, 9.17) is 4.74 Å². The molecule has 1 aromatic heterocycles. The standard InChI is InChI=1S/C7H9N2O/c1-6(2)10-7-5-8-3-4-9-7/h4-6H,1-2H3. The zero-order chi connectivity index (χ0) is 7.40. The number of hydrogen-bond acceptors (Lipinski definition) is 3. The number of ether oxygens (including phenoxy) is 1. The minimum absolute atomic E-state index is 0.150. The van der Waals surface area contributed by atoms with Crippen LogP contribution in [0.25, 0.3) is 0 Å². The van der Waals surface area contributed by atoms with Crippen molar-refractivity contribution in [2.75, 3.05) is 0 Å². The van der Waals surface area contributed by atoms with Crippen LogP contribution < -0.4 is 4.74 Å². The second kappa shape index (κ2) is 3.15. The molecule has 0 fully saturated rings. The van der Waals surface area contributed by atoms with Gasteiger partial charge in [0.15, 0.2) is 0 Å². The molecule has 3 nitrogen and oxygen atoms in total. The van der Waals surface area contributed by atoms with Crippen molar-refractivity contribution in [3.63, 3.8) is 0 Å². The highest BCUT2D eigenvalue weighted by atomic mass is 16.5. The molecule has 0 saturated heterocycles. The molecule has 0 saturated carbocycles. The zero-order valence-electron chi connectivity index (χ0n) is 6.03. The van der Waals surface area contributed by atoms with Crippen LogP contribution in [0.4, 0.5) is 0 Å². The lowest BCUT2D eigenvalue weighted by Gasteiger charge is -2.05. The van der Waals surface area contributed by atoms with Crippen LogP contribution in [0.1, 0.15) is 13.8 Å². The van der Waals surface area contributed by atoms with Crippen molar-refractivity contribution in [3.8, 4) is 5.88 Å². The molecule has 1 radical (unpaired) electrons. The summed E-state index contributed by atoms with van der Waals surface area (Å²) in [5, 5.41) is 0. The molecule has 0 amide bonds. The van der Waals surface area contributed by atoms with Gasteiger partial charge >= 0.3 is 0 Å². The third kappa shape index (κ3) is 2.01. The predicted molar refractivity (Wildman–Crippen MR) is 36.6 cm³/mol. The molecular weight excluding hydrogens is 128 g/mol. The highest BCUT2D eigenvalue weighted by Gasteiger charge is 1.95. The van der Waals surface area contributed by atoms with Crippen LogP contribution in [0.2, 0.25) is 0 Å². The van der Waals surface area contributed by atoms with Gasteiger partial charge in [-0.25, -0.2) is 9.97 Å². The maximum atomic E-state index is 5.22. The summed E-state index contributed by atoms with van der Waals surface area (Å²) in [7, 11) is 0. The van der Waals surface area contributed by atoms with Crippen molar-refractivity contribution >= 4 is 0 Å². The predicted octanol–water partition coefficient (Wildman–Crippen LogP) is 1.06. The molecule has 3 heteroatoms. The Morgan fingerprint density at radius 3 is 2.90 bits per heavy atom. The molecule has 1 heterocycles. The SMILES string of the molecule is CC(C)Oc1cn[c]cn1. The number of nitrogens with zero attached hydrogens (tertiary/aromatic N) is 2. The summed E-state index contributed by atoms with van der Waals surface area (Å²) < 4.78 is 5.22. The van der Waals surface area contributed by atoms with E-state index in [1.165, 1.54) is 6.20 Å². The van der Waals surface area contributed by atoms with E-state index in [-0.39, 0.29) is 6.10 Å². The molecule has 0 N–H and O–H groups in total. The lowest BCUT2D eigenvalue weighted by atomic mass is 10.5. The lowest BCUT2D eigenvalue weighted by molar-refractivity contribution is 0.231. The Balaban J connectivity index is 2.59. The first kappa shape index (κ1) is 6.99. The summed E-state index contributed by atoms with van der Waals surface area (Å²) >= 11 is 0. The summed E-state index contributed by atoms with van der Waals surface area (Å²) in [6, 6.07) is 0. The van der Waals surface area contributed by atoms with E-state index in [2.05, 4.69) is 16.2 Å². The minimum Gasteiger partial charge on any atom is -0.474 e. The van der Waals surface area contributed by atoms with Gasteiger partial charge in [0.05, 0.1) is 18.5 Å². The first-order valence-corrected chi connectivity index (χ1v) is 3.14. The van der Waals surface area contributed by atoms with E-state index in [9.17, 15) is 0 Å². The second-order valence-electron chi connectivity index (χ2n) is 2.15. The molecule has 10 heavy (non-hydrogen) atoms. The Labute approximate surface area is 60.1 Å². The van der Waals surface area contributed by atoms with E-state index in [0.29, 0.717) is 5.88 Å². The Bertz CT molecular complexity index is 186. The first-order chi connectivity index (χ1) is 4.79. The lowest BCUT2D eigenvalue weighted by Crippen LogP contribution is -2.06. The van der Waals surface area contributed by atoms with Gasteiger partial charge in [0.2, 0.25) is 5.88 Å². The quantitative estimate of drug-likeness (QED) is 0.611. The van der Waals surface area contributed by atoms with E-state index >= 15 is 0 Å². The van der Waals surface area contributed by atoms with E-state index < -0.39 is 0 Å². The molecule has 1 rings (SSSR count). The van der Waals surface area contributed by atoms with Gasteiger partial charge in [-0.05, 0) is 13.8 Å². The molecular formula is C7H9N2O. The fourth-order valence-corrected chi connectivity index (χ4v) is 0.554. The molecule has 0 aromatic carbocycles. The topological polar surface area (TPSA) is 35.0 Å². The summed E-state index contributed by atoms with van der Waals surface area (Å²) in [4.78, 5) is 7.60. The van der Waals surface area contributed by atoms with E-state index in [1.807, 2.05) is 13.8 Å². The molecule has 0 aliphatic rings. The second-order valence-corrected chi connectivity index (χ2v) is 2.15. The normalized spacial score (nSPS) is 9.90. The van der Waals surface area contributed by atoms with Crippen molar-refractivity contribution in [2.45, 2.75) is 20.0 Å². The maximum absolute atomic E-state index is 5.22. The van der Waals surface area contributed by atoms with Crippen LogP contribution in [0.5, 0.6) is 5.88 Å².